The molecule has 0 saturated carbocycles. The molecule has 3 unspecified atom stereocenters. The highest BCUT2D eigenvalue weighted by Crippen LogP contribution is 2.33. The van der Waals surface area contributed by atoms with Gasteiger partial charge in [-0.05, 0) is 56.2 Å². The van der Waals surface area contributed by atoms with Crippen molar-refractivity contribution in [2.24, 2.45) is 0 Å². The number of pyridine rings is 1. The van der Waals surface area contributed by atoms with E-state index in [4.69, 9.17) is 0 Å². The molecule has 11 nitrogen and oxygen atoms in total. The molecule has 3 saturated heterocycles. The van der Waals surface area contributed by atoms with Gasteiger partial charge in [-0.1, -0.05) is 12.8 Å². The summed E-state index contributed by atoms with van der Waals surface area (Å²) >= 11 is 1.89. The predicted octanol–water partition coefficient (Wildman–Crippen LogP) is 1.62. The molecule has 5 N–H and O–H groups in total. The Morgan fingerprint density at radius 2 is 1.75 bits per heavy atom. The summed E-state index contributed by atoms with van der Waals surface area (Å²) in [7, 11) is 0. The smallest absolute Gasteiger partial charge is 0.315 e. The molecule has 1 aromatic rings. The second-order valence-corrected chi connectivity index (χ2v) is 12.1. The normalized spacial score (nSPS) is 23.2. The van der Waals surface area contributed by atoms with Crippen LogP contribution >= 0.6 is 11.8 Å². The number of urea groups is 1. The monoisotopic (exact) mass is 574 g/mol. The van der Waals surface area contributed by atoms with Gasteiger partial charge in [-0.25, -0.2) is 4.79 Å². The lowest BCUT2D eigenvalue weighted by molar-refractivity contribution is -0.139. The van der Waals surface area contributed by atoms with E-state index in [2.05, 4.69) is 26.3 Å². The van der Waals surface area contributed by atoms with Crippen LogP contribution in [0.3, 0.4) is 0 Å². The minimum absolute atomic E-state index is 0.0406. The molecule has 4 rings (SSSR count). The zero-order valence-corrected chi connectivity index (χ0v) is 23.8. The summed E-state index contributed by atoms with van der Waals surface area (Å²) in [6.07, 6.45) is 9.48. The molecule has 220 valence electrons. The van der Waals surface area contributed by atoms with Gasteiger partial charge in [0, 0.05) is 55.9 Å². The summed E-state index contributed by atoms with van der Waals surface area (Å²) in [5.74, 6) is 0.459. The number of likely N-dealkylation sites (tertiary alicyclic amines) is 1. The molecule has 4 heterocycles. The zero-order chi connectivity index (χ0) is 28.3. The van der Waals surface area contributed by atoms with Crippen LogP contribution in [0, 0.1) is 0 Å². The SMILES string of the molecule is O=C(CCCCC1SCC2NC(=O)NC21)NCCCCCC(=O)N[C@H](C(=O)N1CCCC1)[C@H](O)c1ccncc1. The number of carbonyl (C=O) groups excluding carboxylic acids is 4. The molecule has 0 bridgehead atoms. The number of nitrogens with zero attached hydrogens (tertiary/aromatic N) is 2. The van der Waals surface area contributed by atoms with Crippen molar-refractivity contribution in [3.63, 3.8) is 0 Å². The highest BCUT2D eigenvalue weighted by molar-refractivity contribution is 8.00. The largest absolute Gasteiger partial charge is 0.386 e. The standard InChI is InChI=1S/C28H42N6O5S/c35-22(9-4-3-8-21-24-20(18-40-21)31-28(39)33-24)30-13-5-1-2-10-23(36)32-25(27(38)34-16-6-7-17-34)26(37)19-11-14-29-15-12-19/h11-12,14-15,20-21,24-26,37H,1-10,13,16-18H2,(H,30,35)(H,32,36)(H2,31,33,39)/t20?,21?,24?,25-,26+/m0/s1. The van der Waals surface area contributed by atoms with Crippen molar-refractivity contribution in [2.45, 2.75) is 93.7 Å². The third-order valence-corrected chi connectivity index (χ3v) is 9.36. The van der Waals surface area contributed by atoms with Crippen LogP contribution < -0.4 is 21.3 Å². The number of unbranched alkanes of at least 4 members (excludes halogenated alkanes) is 3. The Bertz CT molecular complexity index is 1010. The molecule has 0 radical (unpaired) electrons. The van der Waals surface area contributed by atoms with E-state index in [9.17, 15) is 24.3 Å². The third-order valence-electron chi connectivity index (χ3n) is 7.85. The Morgan fingerprint density at radius 1 is 1.02 bits per heavy atom. The molecule has 3 aliphatic rings. The van der Waals surface area contributed by atoms with Crippen LogP contribution in [0.2, 0.25) is 0 Å². The number of carbonyl (C=O) groups is 4. The second kappa shape index (κ2) is 15.2. The van der Waals surface area contributed by atoms with E-state index >= 15 is 0 Å². The van der Waals surface area contributed by atoms with Crippen molar-refractivity contribution in [3.8, 4) is 0 Å². The number of aliphatic hydroxyl groups excluding tert-OH is 1. The molecule has 0 aliphatic carbocycles. The lowest BCUT2D eigenvalue weighted by Crippen LogP contribution is -2.51. The number of nitrogens with one attached hydrogen (secondary N) is 4. The van der Waals surface area contributed by atoms with E-state index in [0.29, 0.717) is 43.3 Å². The Hall–Kier alpha value is -2.86. The van der Waals surface area contributed by atoms with Crippen LogP contribution in [0.15, 0.2) is 24.5 Å². The maximum Gasteiger partial charge on any atom is 0.315 e. The van der Waals surface area contributed by atoms with Crippen molar-refractivity contribution in [1.82, 2.24) is 31.2 Å². The van der Waals surface area contributed by atoms with Gasteiger partial charge in [-0.2, -0.15) is 11.8 Å². The topological polar surface area (TPSA) is 153 Å². The van der Waals surface area contributed by atoms with Crippen LogP contribution in [-0.2, 0) is 14.4 Å². The predicted molar refractivity (Wildman–Crippen MR) is 152 cm³/mol. The number of aliphatic hydroxyl groups is 1. The number of rotatable bonds is 15. The van der Waals surface area contributed by atoms with Crippen LogP contribution in [0.1, 0.15) is 75.9 Å². The van der Waals surface area contributed by atoms with Gasteiger partial charge in [0.1, 0.15) is 12.1 Å². The summed E-state index contributed by atoms with van der Waals surface area (Å²) in [5.41, 5.74) is 0.536. The van der Waals surface area contributed by atoms with Gasteiger partial charge < -0.3 is 31.3 Å². The van der Waals surface area contributed by atoms with E-state index in [0.717, 1.165) is 50.7 Å². The van der Waals surface area contributed by atoms with Crippen LogP contribution in [0.25, 0.3) is 0 Å². The average molecular weight is 575 g/mol. The van der Waals surface area contributed by atoms with Crippen molar-refractivity contribution < 1.29 is 24.3 Å². The molecule has 3 aliphatic heterocycles. The van der Waals surface area contributed by atoms with Gasteiger partial charge in [0.25, 0.3) is 0 Å². The molecule has 5 atom stereocenters. The summed E-state index contributed by atoms with van der Waals surface area (Å²) in [4.78, 5) is 55.0. The fourth-order valence-electron chi connectivity index (χ4n) is 5.59. The number of aromatic nitrogens is 1. The number of thioether (sulfide) groups is 1. The Balaban J connectivity index is 1.07. The number of amides is 5. The van der Waals surface area contributed by atoms with E-state index in [1.807, 2.05) is 11.8 Å². The maximum atomic E-state index is 13.1. The molecule has 5 amide bonds. The van der Waals surface area contributed by atoms with Crippen molar-refractivity contribution in [2.75, 3.05) is 25.4 Å². The van der Waals surface area contributed by atoms with Crippen molar-refractivity contribution in [3.05, 3.63) is 30.1 Å². The summed E-state index contributed by atoms with van der Waals surface area (Å²) in [6.45, 7) is 1.84. The second-order valence-electron chi connectivity index (χ2n) is 10.8. The molecule has 0 spiro atoms. The first-order valence-corrected chi connectivity index (χ1v) is 15.6. The van der Waals surface area contributed by atoms with Crippen LogP contribution in [0.4, 0.5) is 4.79 Å². The quantitative estimate of drug-likeness (QED) is 0.158. The van der Waals surface area contributed by atoms with Gasteiger partial charge in [0.2, 0.25) is 17.7 Å². The Kier molecular flexibility index (Phi) is 11.5. The number of hydrogen-bond donors (Lipinski definition) is 5. The van der Waals surface area contributed by atoms with Crippen molar-refractivity contribution >= 4 is 35.5 Å². The van der Waals surface area contributed by atoms with Crippen LogP contribution in [-0.4, -0.2) is 87.5 Å². The summed E-state index contributed by atoms with van der Waals surface area (Å²) < 4.78 is 0. The molecule has 12 heteroatoms. The van der Waals surface area contributed by atoms with Gasteiger partial charge in [-0.15, -0.1) is 0 Å². The van der Waals surface area contributed by atoms with E-state index in [-0.39, 0.29) is 42.3 Å². The third kappa shape index (κ3) is 8.57. The average Bonchev–Trinajstić information content (AvgIpc) is 3.70. The molecule has 3 fully saturated rings. The molecular formula is C28H42N6O5S. The van der Waals surface area contributed by atoms with Gasteiger partial charge >= 0.3 is 6.03 Å². The van der Waals surface area contributed by atoms with Gasteiger partial charge in [0.05, 0.1) is 12.1 Å². The van der Waals surface area contributed by atoms with E-state index in [1.54, 1.807) is 29.4 Å². The zero-order valence-electron chi connectivity index (χ0n) is 23.0. The summed E-state index contributed by atoms with van der Waals surface area (Å²) in [6, 6.07) is 2.62. The Labute approximate surface area is 240 Å². The fraction of sp³-hybridized carbons (Fsp3) is 0.679. The minimum atomic E-state index is -1.15. The highest BCUT2D eigenvalue weighted by Gasteiger charge is 2.42. The summed E-state index contributed by atoms with van der Waals surface area (Å²) in [5, 5.41) is 23.0. The van der Waals surface area contributed by atoms with E-state index in [1.165, 1.54) is 0 Å². The van der Waals surface area contributed by atoms with Gasteiger partial charge in [0.15, 0.2) is 0 Å². The molecule has 40 heavy (non-hydrogen) atoms. The van der Waals surface area contributed by atoms with Crippen LogP contribution in [0.5, 0.6) is 0 Å². The molecular weight excluding hydrogens is 532 g/mol. The number of hydrogen-bond acceptors (Lipinski definition) is 7. The first kappa shape index (κ1) is 30.1. The first-order chi connectivity index (χ1) is 19.4. The molecule has 0 aromatic carbocycles. The maximum absolute atomic E-state index is 13.1. The lowest BCUT2D eigenvalue weighted by atomic mass is 10.0. The highest BCUT2D eigenvalue weighted by atomic mass is 32.2. The Morgan fingerprint density at radius 3 is 2.52 bits per heavy atom. The molecule has 1 aromatic heterocycles. The first-order valence-electron chi connectivity index (χ1n) is 14.5. The van der Waals surface area contributed by atoms with Gasteiger partial charge in [-0.3, -0.25) is 19.4 Å². The fourth-order valence-corrected chi connectivity index (χ4v) is 7.13. The van der Waals surface area contributed by atoms with Crippen molar-refractivity contribution in [1.29, 1.82) is 0 Å². The number of fused-ring (bicyclic) bond motifs is 1. The van der Waals surface area contributed by atoms with E-state index < -0.39 is 12.1 Å². The minimum Gasteiger partial charge on any atom is -0.386 e. The lowest BCUT2D eigenvalue weighted by Gasteiger charge is -2.28.